The number of amides is 2. The van der Waals surface area contributed by atoms with E-state index in [0.29, 0.717) is 25.8 Å². The number of benzene rings is 3. The highest BCUT2D eigenvalue weighted by Crippen LogP contribution is 2.30. The number of para-hydroxylation sites is 2. The molecule has 5 rings (SSSR count). The number of hydrogen-bond acceptors (Lipinski definition) is 3. The fraction of sp³-hybridized carbons (Fsp3) is 0.306. The van der Waals surface area contributed by atoms with Crippen molar-refractivity contribution < 1.29 is 14.4 Å². The second-order valence-electron chi connectivity index (χ2n) is 11.3. The van der Waals surface area contributed by atoms with Crippen LogP contribution in [0.2, 0.25) is 0 Å². The first-order valence-electron chi connectivity index (χ1n) is 15.1. The molecule has 0 saturated carbocycles. The Morgan fingerprint density at radius 1 is 0.860 bits per heavy atom. The van der Waals surface area contributed by atoms with Gasteiger partial charge in [-0.15, -0.1) is 0 Å². The van der Waals surface area contributed by atoms with Crippen molar-refractivity contribution in [3.63, 3.8) is 0 Å². The number of H-pyrrole nitrogens is 1. The molecule has 3 N–H and O–H groups in total. The van der Waals surface area contributed by atoms with Crippen molar-refractivity contribution in [2.24, 2.45) is 7.05 Å². The Balaban J connectivity index is 1.26. The van der Waals surface area contributed by atoms with Gasteiger partial charge in [0.25, 0.3) is 0 Å². The molecule has 1 atom stereocenters. The number of rotatable bonds is 14. The molecule has 2 aromatic heterocycles. The van der Waals surface area contributed by atoms with E-state index in [9.17, 15) is 14.4 Å². The van der Waals surface area contributed by atoms with E-state index < -0.39 is 6.04 Å². The molecule has 0 bridgehead atoms. The van der Waals surface area contributed by atoms with Gasteiger partial charge in [0.1, 0.15) is 11.8 Å². The molecule has 0 aliphatic carbocycles. The zero-order valence-corrected chi connectivity index (χ0v) is 25.0. The molecule has 2 heterocycles. The lowest BCUT2D eigenvalue weighted by atomic mass is 10.0. The highest BCUT2D eigenvalue weighted by Gasteiger charge is 2.22. The lowest BCUT2D eigenvalue weighted by Crippen LogP contribution is -2.47. The molecule has 0 unspecified atom stereocenters. The monoisotopic (exact) mass is 576 g/mol. The average Bonchev–Trinajstić information content (AvgIpc) is 3.54. The molecule has 0 aliphatic rings. The second-order valence-corrected chi connectivity index (χ2v) is 11.3. The number of aromatic amines is 1. The maximum absolute atomic E-state index is 13.5. The van der Waals surface area contributed by atoms with Crippen LogP contribution in [0.3, 0.4) is 0 Å². The van der Waals surface area contributed by atoms with E-state index in [2.05, 4.69) is 39.9 Å². The normalized spacial score (nSPS) is 12.0. The molecule has 0 saturated heterocycles. The van der Waals surface area contributed by atoms with Crippen LogP contribution in [0.4, 0.5) is 0 Å². The summed E-state index contributed by atoms with van der Waals surface area (Å²) in [5.74, 6) is -0.188. The van der Waals surface area contributed by atoms with Crippen LogP contribution in [-0.2, 0) is 34.3 Å². The van der Waals surface area contributed by atoms with Crippen molar-refractivity contribution in [1.82, 2.24) is 20.2 Å². The molecule has 7 nitrogen and oxygen atoms in total. The van der Waals surface area contributed by atoms with Crippen molar-refractivity contribution >= 4 is 39.4 Å². The summed E-state index contributed by atoms with van der Waals surface area (Å²) in [6.07, 6.45) is 6.26. The number of aryl methyl sites for hydroxylation is 1. The van der Waals surface area contributed by atoms with Gasteiger partial charge in [0.2, 0.25) is 11.8 Å². The number of carbonyl (C=O) groups excluding carboxylic acids is 3. The summed E-state index contributed by atoms with van der Waals surface area (Å²) in [7, 11) is 1.97. The predicted octanol–water partition coefficient (Wildman–Crippen LogP) is 6.25. The maximum atomic E-state index is 13.5. The SMILES string of the molecule is CC(=O)CCCCC[C@H](NC(=O)Cc1cn(C)c2ccccc12)C(=O)NCCc1c(-c2ccccc2)[nH]c2ccccc12. The van der Waals surface area contributed by atoms with E-state index in [0.717, 1.165) is 63.5 Å². The van der Waals surface area contributed by atoms with Gasteiger partial charge < -0.3 is 25.0 Å². The summed E-state index contributed by atoms with van der Waals surface area (Å²) in [5, 5.41) is 8.30. The number of nitrogens with one attached hydrogen (secondary N) is 3. The molecule has 7 heteroatoms. The minimum absolute atomic E-state index is 0.171. The number of Topliss-reactive ketones (excluding diaryl/α,β-unsaturated/α-hetero) is 1. The molecule has 222 valence electrons. The first-order valence-corrected chi connectivity index (χ1v) is 15.1. The van der Waals surface area contributed by atoms with Crippen molar-refractivity contribution in [2.45, 2.75) is 57.9 Å². The van der Waals surface area contributed by atoms with Crippen LogP contribution in [0.1, 0.15) is 50.2 Å². The first kappa shape index (κ1) is 29.8. The van der Waals surface area contributed by atoms with E-state index >= 15 is 0 Å². The average molecular weight is 577 g/mol. The maximum Gasteiger partial charge on any atom is 0.242 e. The van der Waals surface area contributed by atoms with Crippen LogP contribution < -0.4 is 10.6 Å². The fourth-order valence-corrected chi connectivity index (χ4v) is 5.90. The number of unbranched alkanes of at least 4 members (excludes halogenated alkanes) is 2. The van der Waals surface area contributed by atoms with Gasteiger partial charge in [0.15, 0.2) is 0 Å². The van der Waals surface area contributed by atoms with Gasteiger partial charge in [-0.05, 0) is 55.0 Å². The van der Waals surface area contributed by atoms with E-state index in [1.54, 1.807) is 6.92 Å². The summed E-state index contributed by atoms with van der Waals surface area (Å²) in [6, 6.07) is 25.8. The van der Waals surface area contributed by atoms with Gasteiger partial charge in [-0.2, -0.15) is 0 Å². The summed E-state index contributed by atoms with van der Waals surface area (Å²) in [6.45, 7) is 2.04. The lowest BCUT2D eigenvalue weighted by Gasteiger charge is -2.19. The van der Waals surface area contributed by atoms with Gasteiger partial charge >= 0.3 is 0 Å². The Labute approximate surface area is 252 Å². The lowest BCUT2D eigenvalue weighted by molar-refractivity contribution is -0.128. The van der Waals surface area contributed by atoms with Crippen LogP contribution in [0, 0.1) is 0 Å². The first-order chi connectivity index (χ1) is 20.9. The van der Waals surface area contributed by atoms with Gasteiger partial charge in [0, 0.05) is 53.7 Å². The molecule has 0 fully saturated rings. The molecule has 0 aliphatic heterocycles. The van der Waals surface area contributed by atoms with Gasteiger partial charge in [-0.3, -0.25) is 9.59 Å². The van der Waals surface area contributed by atoms with Crippen molar-refractivity contribution in [3.05, 3.63) is 96.2 Å². The van der Waals surface area contributed by atoms with Gasteiger partial charge in [-0.1, -0.05) is 79.6 Å². The Hall–Kier alpha value is -4.65. The highest BCUT2D eigenvalue weighted by molar-refractivity contribution is 5.93. The largest absolute Gasteiger partial charge is 0.354 e. The molecular formula is C36H40N4O3. The molecular weight excluding hydrogens is 536 g/mol. The summed E-state index contributed by atoms with van der Waals surface area (Å²) in [5.41, 5.74) is 6.38. The zero-order chi connectivity index (χ0) is 30.2. The number of ketones is 1. The van der Waals surface area contributed by atoms with E-state index in [4.69, 9.17) is 0 Å². The molecule has 3 aromatic carbocycles. The number of hydrogen-bond donors (Lipinski definition) is 3. The second kappa shape index (κ2) is 14.0. The third-order valence-corrected chi connectivity index (χ3v) is 8.05. The van der Waals surface area contributed by atoms with Crippen LogP contribution in [0.15, 0.2) is 85.1 Å². The minimum atomic E-state index is -0.642. The fourth-order valence-electron chi connectivity index (χ4n) is 5.90. The van der Waals surface area contributed by atoms with Crippen molar-refractivity contribution in [2.75, 3.05) is 6.54 Å². The topological polar surface area (TPSA) is 96.0 Å². The van der Waals surface area contributed by atoms with E-state index in [1.807, 2.05) is 72.4 Å². The Morgan fingerprint density at radius 3 is 2.37 bits per heavy atom. The Morgan fingerprint density at radius 2 is 1.58 bits per heavy atom. The van der Waals surface area contributed by atoms with Crippen molar-refractivity contribution in [1.29, 1.82) is 0 Å². The van der Waals surface area contributed by atoms with E-state index in [-0.39, 0.29) is 24.0 Å². The Kier molecular flexibility index (Phi) is 9.72. The van der Waals surface area contributed by atoms with Gasteiger partial charge in [0.05, 0.1) is 6.42 Å². The van der Waals surface area contributed by atoms with Crippen LogP contribution in [0.25, 0.3) is 33.1 Å². The third-order valence-electron chi connectivity index (χ3n) is 8.05. The van der Waals surface area contributed by atoms with E-state index in [1.165, 1.54) is 0 Å². The molecule has 0 radical (unpaired) electrons. The zero-order valence-electron chi connectivity index (χ0n) is 25.0. The number of nitrogens with zero attached hydrogens (tertiary/aromatic N) is 1. The highest BCUT2D eigenvalue weighted by atomic mass is 16.2. The Bertz CT molecular complexity index is 1720. The standard InChI is InChI=1S/C36H40N4O3/c1-25(41)13-5-3-8-19-32(38-34(42)23-27-24-40(2)33-20-12-10-16-28(27)33)36(43)37-22-21-30-29-17-9-11-18-31(29)39-35(30)26-14-6-4-7-15-26/h4,6-7,9-12,14-18,20,24,32,39H,3,5,8,13,19,21-23H2,1-2H3,(H,37,43)(H,38,42)/t32-/m0/s1. The molecule has 43 heavy (non-hydrogen) atoms. The quantitative estimate of drug-likeness (QED) is 0.136. The van der Waals surface area contributed by atoms with Crippen LogP contribution in [0.5, 0.6) is 0 Å². The number of fused-ring (bicyclic) bond motifs is 2. The third kappa shape index (κ3) is 7.41. The van der Waals surface area contributed by atoms with Crippen LogP contribution in [-0.4, -0.2) is 39.7 Å². The molecule has 0 spiro atoms. The number of aromatic nitrogens is 2. The summed E-state index contributed by atoms with van der Waals surface area (Å²) in [4.78, 5) is 41.6. The molecule has 2 amide bonds. The minimum Gasteiger partial charge on any atom is -0.354 e. The smallest absolute Gasteiger partial charge is 0.242 e. The van der Waals surface area contributed by atoms with Gasteiger partial charge in [-0.25, -0.2) is 0 Å². The summed E-state index contributed by atoms with van der Waals surface area (Å²) < 4.78 is 2.02. The van der Waals surface area contributed by atoms with Crippen LogP contribution >= 0.6 is 0 Å². The van der Waals surface area contributed by atoms with Crippen molar-refractivity contribution in [3.8, 4) is 11.3 Å². The number of carbonyl (C=O) groups is 3. The summed E-state index contributed by atoms with van der Waals surface area (Å²) >= 11 is 0. The predicted molar refractivity (Wildman–Crippen MR) is 173 cm³/mol. The molecule has 5 aromatic rings.